The first-order valence-electron chi connectivity index (χ1n) is 9.71. The quantitative estimate of drug-likeness (QED) is 0.711. The molecule has 0 unspecified atom stereocenters. The molecule has 0 spiro atoms. The highest BCUT2D eigenvalue weighted by atomic mass is 35.5. The van der Waals surface area contributed by atoms with Crippen LogP contribution in [0.4, 0.5) is 0 Å². The first-order chi connectivity index (χ1) is 13.1. The molecule has 28 heavy (non-hydrogen) atoms. The molecule has 0 radical (unpaired) electrons. The molecule has 3 aromatic rings. The summed E-state index contributed by atoms with van der Waals surface area (Å²) in [5.41, 5.74) is 12.8. The van der Waals surface area contributed by atoms with E-state index in [9.17, 15) is 0 Å². The van der Waals surface area contributed by atoms with Gasteiger partial charge in [-0.1, -0.05) is 60.7 Å². The third-order valence-electron chi connectivity index (χ3n) is 5.76. The van der Waals surface area contributed by atoms with Gasteiger partial charge in [0.25, 0.3) is 0 Å². The Bertz CT molecular complexity index is 892. The lowest BCUT2D eigenvalue weighted by molar-refractivity contribution is 0.322. The molecule has 2 heterocycles. The maximum absolute atomic E-state index is 6.48. The van der Waals surface area contributed by atoms with Crippen LogP contribution in [0.1, 0.15) is 34.0 Å². The Balaban J connectivity index is 0.00000225. The van der Waals surface area contributed by atoms with Crippen LogP contribution in [-0.4, -0.2) is 33.8 Å². The van der Waals surface area contributed by atoms with Gasteiger partial charge in [-0.15, -0.1) is 12.4 Å². The van der Waals surface area contributed by atoms with E-state index < -0.39 is 0 Å². The van der Waals surface area contributed by atoms with Crippen LogP contribution in [0.15, 0.2) is 60.7 Å². The summed E-state index contributed by atoms with van der Waals surface area (Å²) in [6, 6.07) is 21.4. The number of likely N-dealkylation sites (tertiary alicyclic amines) is 1. The highest BCUT2D eigenvalue weighted by molar-refractivity contribution is 5.85. The fraction of sp³-hybridized carbons (Fsp3) is 0.348. The van der Waals surface area contributed by atoms with Crippen molar-refractivity contribution in [3.05, 3.63) is 88.7 Å². The van der Waals surface area contributed by atoms with Crippen molar-refractivity contribution in [3.63, 3.8) is 0 Å². The second kappa shape index (κ2) is 8.91. The van der Waals surface area contributed by atoms with Gasteiger partial charge in [0.05, 0.1) is 12.2 Å². The fourth-order valence-corrected chi connectivity index (χ4v) is 4.19. The number of aryl methyl sites for hydroxylation is 1. The molecule has 0 amide bonds. The third-order valence-corrected chi connectivity index (χ3v) is 5.76. The van der Waals surface area contributed by atoms with Crippen LogP contribution in [0.25, 0.3) is 0 Å². The number of rotatable bonds is 5. The summed E-state index contributed by atoms with van der Waals surface area (Å²) in [4.78, 5) is 2.48. The van der Waals surface area contributed by atoms with Gasteiger partial charge in [0, 0.05) is 42.9 Å². The van der Waals surface area contributed by atoms with Gasteiger partial charge < -0.3 is 5.73 Å². The van der Waals surface area contributed by atoms with E-state index in [0.29, 0.717) is 5.92 Å². The number of aromatic nitrogens is 2. The van der Waals surface area contributed by atoms with Gasteiger partial charge >= 0.3 is 0 Å². The van der Waals surface area contributed by atoms with Gasteiger partial charge in [0.1, 0.15) is 0 Å². The minimum absolute atomic E-state index is 0. The Kier molecular flexibility index (Phi) is 6.55. The molecular weight excluding hydrogens is 368 g/mol. The molecule has 2 aromatic carbocycles. The first-order valence-corrected chi connectivity index (χ1v) is 9.71. The standard InChI is InChI=1S/C23H28N4.ClH/c1-17-21(18(2)27(25-17)13-19-9-5-3-6-10-19)14-26-15-22(23(24)16-26)20-11-7-4-8-12-20;/h3-12,22-23H,13-16,24H2,1-2H3;1H/t22-,23+;/m0./s1. The Labute approximate surface area is 173 Å². The highest BCUT2D eigenvalue weighted by Gasteiger charge is 2.31. The molecule has 1 aliphatic heterocycles. The highest BCUT2D eigenvalue weighted by Crippen LogP contribution is 2.28. The number of hydrogen-bond acceptors (Lipinski definition) is 3. The predicted octanol–water partition coefficient (Wildman–Crippen LogP) is 3.90. The van der Waals surface area contributed by atoms with Crippen LogP contribution in [0.3, 0.4) is 0 Å². The van der Waals surface area contributed by atoms with Gasteiger partial charge in [-0.2, -0.15) is 5.10 Å². The lowest BCUT2D eigenvalue weighted by atomic mass is 9.95. The maximum Gasteiger partial charge on any atom is 0.0662 e. The Hall–Kier alpha value is -2.14. The second-order valence-electron chi connectivity index (χ2n) is 7.67. The molecule has 0 bridgehead atoms. The summed E-state index contributed by atoms with van der Waals surface area (Å²) in [5, 5.41) is 4.80. The summed E-state index contributed by atoms with van der Waals surface area (Å²) in [6.45, 7) is 7.98. The van der Waals surface area contributed by atoms with Gasteiger partial charge in [-0.3, -0.25) is 9.58 Å². The molecule has 4 nitrogen and oxygen atoms in total. The molecule has 5 heteroatoms. The number of nitrogens with zero attached hydrogens (tertiary/aromatic N) is 3. The van der Waals surface area contributed by atoms with Crippen LogP contribution in [-0.2, 0) is 13.1 Å². The van der Waals surface area contributed by atoms with Crippen LogP contribution in [0, 0.1) is 13.8 Å². The SMILES string of the molecule is Cc1nn(Cc2ccccc2)c(C)c1CN1C[C@@H](N)[C@H](c2ccccc2)C1.Cl. The predicted molar refractivity (Wildman–Crippen MR) is 117 cm³/mol. The minimum Gasteiger partial charge on any atom is -0.326 e. The van der Waals surface area contributed by atoms with Crippen molar-refractivity contribution in [2.45, 2.75) is 38.9 Å². The minimum atomic E-state index is 0. The normalized spacial score (nSPS) is 19.5. The summed E-state index contributed by atoms with van der Waals surface area (Å²) in [5.74, 6) is 0.408. The number of halogens is 1. The molecule has 1 saturated heterocycles. The molecule has 0 aliphatic carbocycles. The van der Waals surface area contributed by atoms with Gasteiger partial charge in [0.2, 0.25) is 0 Å². The van der Waals surface area contributed by atoms with E-state index in [4.69, 9.17) is 10.8 Å². The monoisotopic (exact) mass is 396 g/mol. The molecule has 148 valence electrons. The fourth-order valence-electron chi connectivity index (χ4n) is 4.19. The van der Waals surface area contributed by atoms with Crippen molar-refractivity contribution in [1.29, 1.82) is 0 Å². The molecule has 4 rings (SSSR count). The van der Waals surface area contributed by atoms with Crippen molar-refractivity contribution in [1.82, 2.24) is 14.7 Å². The largest absolute Gasteiger partial charge is 0.326 e. The van der Waals surface area contributed by atoms with Crippen molar-refractivity contribution in [3.8, 4) is 0 Å². The number of benzene rings is 2. The summed E-state index contributed by atoms with van der Waals surface area (Å²) in [6.07, 6.45) is 0. The van der Waals surface area contributed by atoms with Crippen molar-refractivity contribution in [2.24, 2.45) is 5.73 Å². The Morgan fingerprint density at radius 1 is 0.929 bits per heavy atom. The summed E-state index contributed by atoms with van der Waals surface area (Å²) >= 11 is 0. The van der Waals surface area contributed by atoms with Gasteiger partial charge in [-0.25, -0.2) is 0 Å². The molecule has 2 atom stereocenters. The summed E-state index contributed by atoms with van der Waals surface area (Å²) < 4.78 is 2.13. The van der Waals surface area contributed by atoms with Gasteiger partial charge in [0.15, 0.2) is 0 Å². The lowest BCUT2D eigenvalue weighted by Gasteiger charge is -2.16. The average Bonchev–Trinajstić information content (AvgIpc) is 3.18. The summed E-state index contributed by atoms with van der Waals surface area (Å²) in [7, 11) is 0. The van der Waals surface area contributed by atoms with Gasteiger partial charge in [-0.05, 0) is 25.0 Å². The van der Waals surface area contributed by atoms with Crippen LogP contribution < -0.4 is 5.73 Å². The van der Waals surface area contributed by atoms with Crippen LogP contribution in [0.2, 0.25) is 0 Å². The molecule has 2 N–H and O–H groups in total. The van der Waals surface area contributed by atoms with Crippen LogP contribution >= 0.6 is 12.4 Å². The molecule has 1 aliphatic rings. The van der Waals surface area contributed by atoms with Crippen molar-refractivity contribution >= 4 is 12.4 Å². The smallest absolute Gasteiger partial charge is 0.0662 e. The third kappa shape index (κ3) is 4.30. The van der Waals surface area contributed by atoms with E-state index in [0.717, 1.165) is 31.9 Å². The lowest BCUT2D eigenvalue weighted by Crippen LogP contribution is -2.28. The Morgan fingerprint density at radius 3 is 2.25 bits per heavy atom. The van der Waals surface area contributed by atoms with E-state index in [1.54, 1.807) is 0 Å². The Morgan fingerprint density at radius 2 is 1.57 bits per heavy atom. The molecule has 1 aromatic heterocycles. The zero-order chi connectivity index (χ0) is 18.8. The zero-order valence-corrected chi connectivity index (χ0v) is 17.4. The van der Waals surface area contributed by atoms with E-state index >= 15 is 0 Å². The molecule has 0 saturated carbocycles. The first kappa shape index (κ1) is 20.6. The van der Waals surface area contributed by atoms with Crippen LogP contribution in [0.5, 0.6) is 0 Å². The van der Waals surface area contributed by atoms with Crippen molar-refractivity contribution < 1.29 is 0 Å². The topological polar surface area (TPSA) is 47.1 Å². The van der Waals surface area contributed by atoms with E-state index in [1.165, 1.54) is 22.4 Å². The van der Waals surface area contributed by atoms with Crippen molar-refractivity contribution in [2.75, 3.05) is 13.1 Å². The number of hydrogen-bond donors (Lipinski definition) is 1. The second-order valence-corrected chi connectivity index (χ2v) is 7.67. The zero-order valence-electron chi connectivity index (χ0n) is 16.6. The average molecular weight is 397 g/mol. The van der Waals surface area contributed by atoms with E-state index in [-0.39, 0.29) is 18.4 Å². The van der Waals surface area contributed by atoms with E-state index in [2.05, 4.69) is 84.1 Å². The molecular formula is C23H29ClN4. The number of nitrogens with two attached hydrogens (primary N) is 1. The van der Waals surface area contributed by atoms with E-state index in [1.807, 2.05) is 0 Å². The molecule has 1 fully saturated rings. The maximum atomic E-state index is 6.48.